The van der Waals surface area contributed by atoms with Crippen molar-refractivity contribution in [3.63, 3.8) is 0 Å². The summed E-state index contributed by atoms with van der Waals surface area (Å²) in [6, 6.07) is 9.37. The summed E-state index contributed by atoms with van der Waals surface area (Å²) < 4.78 is 1.12. The Kier molecular flexibility index (Phi) is 4.13. The number of pyridine rings is 1. The second-order valence-corrected chi connectivity index (χ2v) is 8.68. The number of rotatable bonds is 4. The van der Waals surface area contributed by atoms with E-state index in [0.717, 1.165) is 26.1 Å². The molecule has 2 N–H and O–H groups in total. The van der Waals surface area contributed by atoms with Gasteiger partial charge in [0.15, 0.2) is 0 Å². The lowest BCUT2D eigenvalue weighted by Crippen LogP contribution is -2.42. The molecule has 2 aromatic rings. The first kappa shape index (κ1) is 15.2. The lowest BCUT2D eigenvalue weighted by atomic mass is 9.95. The van der Waals surface area contributed by atoms with Crippen LogP contribution in [0, 0.1) is 6.92 Å². The second-order valence-electron chi connectivity index (χ2n) is 6.22. The van der Waals surface area contributed by atoms with Gasteiger partial charge in [-0.25, -0.2) is 0 Å². The highest BCUT2D eigenvalue weighted by molar-refractivity contribution is 8.01. The smallest absolute Gasteiger partial charge is 0.261 e. The highest BCUT2D eigenvalue weighted by Crippen LogP contribution is 2.33. The Balaban J connectivity index is 1.39. The van der Waals surface area contributed by atoms with Gasteiger partial charge in [0.25, 0.3) is 5.91 Å². The van der Waals surface area contributed by atoms with Crippen molar-refractivity contribution in [1.82, 2.24) is 15.6 Å². The van der Waals surface area contributed by atoms with Crippen molar-refractivity contribution in [3.8, 4) is 0 Å². The Bertz CT molecular complexity index is 713. The van der Waals surface area contributed by atoms with Crippen LogP contribution in [0.3, 0.4) is 0 Å². The molecule has 3 atom stereocenters. The minimum Gasteiger partial charge on any atom is -0.347 e. The molecule has 0 spiro atoms. The van der Waals surface area contributed by atoms with Gasteiger partial charge in [0.2, 0.25) is 0 Å². The van der Waals surface area contributed by atoms with E-state index in [-0.39, 0.29) is 5.91 Å². The zero-order chi connectivity index (χ0) is 15.8. The average molecular weight is 345 g/mol. The lowest BCUT2D eigenvalue weighted by Gasteiger charge is -2.20. The van der Waals surface area contributed by atoms with E-state index in [0.29, 0.717) is 18.1 Å². The third kappa shape index (κ3) is 3.29. The largest absolute Gasteiger partial charge is 0.347 e. The maximum absolute atomic E-state index is 12.4. The van der Waals surface area contributed by atoms with Crippen LogP contribution in [0.5, 0.6) is 0 Å². The summed E-state index contributed by atoms with van der Waals surface area (Å²) in [6.07, 6.45) is 5.38. The molecule has 4 nitrogen and oxygen atoms in total. The Hall–Kier alpha value is -1.37. The molecule has 0 aliphatic carbocycles. The highest BCUT2D eigenvalue weighted by atomic mass is 32.2. The van der Waals surface area contributed by atoms with Crippen molar-refractivity contribution >= 4 is 29.0 Å². The summed E-state index contributed by atoms with van der Waals surface area (Å²) in [5.41, 5.74) is 1.01. The van der Waals surface area contributed by atoms with Crippen LogP contribution < -0.4 is 10.6 Å². The molecule has 120 valence electrons. The summed E-state index contributed by atoms with van der Waals surface area (Å²) in [5.74, 6) is 0.0585. The lowest BCUT2D eigenvalue weighted by molar-refractivity contribution is 0.0935. The molecule has 2 fully saturated rings. The fourth-order valence-corrected chi connectivity index (χ4v) is 5.33. The molecule has 0 aromatic carbocycles. The van der Waals surface area contributed by atoms with E-state index in [4.69, 9.17) is 0 Å². The molecule has 2 aliphatic heterocycles. The summed E-state index contributed by atoms with van der Waals surface area (Å²) >= 11 is 3.20. The van der Waals surface area contributed by atoms with Crippen LogP contribution >= 0.6 is 23.1 Å². The molecule has 2 aliphatic rings. The van der Waals surface area contributed by atoms with Crippen LogP contribution in [-0.4, -0.2) is 29.0 Å². The average Bonchev–Trinajstić information content (AvgIpc) is 3.26. The zero-order valence-corrected chi connectivity index (χ0v) is 14.5. The van der Waals surface area contributed by atoms with E-state index in [1.165, 1.54) is 12.8 Å². The van der Waals surface area contributed by atoms with Crippen molar-refractivity contribution in [2.75, 3.05) is 0 Å². The third-order valence-electron chi connectivity index (χ3n) is 4.52. The van der Waals surface area contributed by atoms with Crippen molar-refractivity contribution in [3.05, 3.63) is 41.0 Å². The first-order chi connectivity index (χ1) is 11.2. The molecular formula is C17H19N3OS2. The molecule has 23 heavy (non-hydrogen) atoms. The zero-order valence-electron chi connectivity index (χ0n) is 12.9. The Morgan fingerprint density at radius 3 is 2.96 bits per heavy atom. The van der Waals surface area contributed by atoms with E-state index in [1.807, 2.05) is 31.3 Å². The topological polar surface area (TPSA) is 54.0 Å². The maximum atomic E-state index is 12.4. The van der Waals surface area contributed by atoms with E-state index >= 15 is 0 Å². The highest BCUT2D eigenvalue weighted by Gasteiger charge is 2.39. The molecule has 0 unspecified atom stereocenters. The van der Waals surface area contributed by atoms with Gasteiger partial charge in [0.1, 0.15) is 0 Å². The summed E-state index contributed by atoms with van der Waals surface area (Å²) in [4.78, 5) is 18.6. The fourth-order valence-electron chi connectivity index (χ4n) is 3.35. The SMILES string of the molecule is Cc1ccc(Sc2ccc(C(=O)N[C@@H]3C[C@H]4CC[C@@H]3N4)s2)cn1. The molecule has 2 saturated heterocycles. The number of fused-ring (bicyclic) bond motifs is 2. The number of hydrogen-bond acceptors (Lipinski definition) is 5. The van der Waals surface area contributed by atoms with Crippen molar-refractivity contribution in [2.24, 2.45) is 0 Å². The van der Waals surface area contributed by atoms with Crippen LogP contribution in [0.2, 0.25) is 0 Å². The van der Waals surface area contributed by atoms with Crippen molar-refractivity contribution in [2.45, 2.75) is 53.4 Å². The number of nitrogens with one attached hydrogen (secondary N) is 2. The quantitative estimate of drug-likeness (QED) is 0.893. The fraction of sp³-hybridized carbons (Fsp3) is 0.412. The number of amides is 1. The van der Waals surface area contributed by atoms with Gasteiger partial charge in [-0.15, -0.1) is 11.3 Å². The van der Waals surface area contributed by atoms with Gasteiger partial charge in [0.05, 0.1) is 9.09 Å². The molecule has 4 rings (SSSR count). The summed E-state index contributed by atoms with van der Waals surface area (Å²) in [7, 11) is 0. The molecule has 0 radical (unpaired) electrons. The Morgan fingerprint density at radius 1 is 1.35 bits per heavy atom. The van der Waals surface area contributed by atoms with Crippen LogP contribution in [-0.2, 0) is 0 Å². The molecule has 4 heterocycles. The number of aromatic nitrogens is 1. The summed E-state index contributed by atoms with van der Waals surface area (Å²) in [6.45, 7) is 1.98. The van der Waals surface area contributed by atoms with E-state index < -0.39 is 0 Å². The van der Waals surface area contributed by atoms with Crippen molar-refractivity contribution < 1.29 is 4.79 Å². The maximum Gasteiger partial charge on any atom is 0.261 e. The molecule has 0 saturated carbocycles. The predicted octanol–water partition coefficient (Wildman–Crippen LogP) is 3.23. The van der Waals surface area contributed by atoms with Gasteiger partial charge in [-0.1, -0.05) is 11.8 Å². The number of hydrogen-bond donors (Lipinski definition) is 2. The minimum absolute atomic E-state index is 0.0585. The molecule has 2 bridgehead atoms. The number of thiophene rings is 1. The van der Waals surface area contributed by atoms with Crippen LogP contribution in [0.4, 0.5) is 0 Å². The monoisotopic (exact) mass is 345 g/mol. The third-order valence-corrected chi connectivity index (χ3v) is 6.72. The summed E-state index contributed by atoms with van der Waals surface area (Å²) in [5, 5.41) is 6.75. The van der Waals surface area contributed by atoms with Crippen LogP contribution in [0.15, 0.2) is 39.6 Å². The van der Waals surface area contributed by atoms with E-state index in [1.54, 1.807) is 23.1 Å². The molecule has 6 heteroatoms. The van der Waals surface area contributed by atoms with Gasteiger partial charge in [0, 0.05) is 34.9 Å². The van der Waals surface area contributed by atoms with Crippen molar-refractivity contribution in [1.29, 1.82) is 0 Å². The first-order valence-electron chi connectivity index (χ1n) is 7.94. The first-order valence-corrected chi connectivity index (χ1v) is 9.58. The molecule has 2 aromatic heterocycles. The van der Waals surface area contributed by atoms with E-state index in [9.17, 15) is 4.79 Å². The Labute approximate surface area is 144 Å². The van der Waals surface area contributed by atoms with Crippen LogP contribution in [0.1, 0.15) is 34.6 Å². The Morgan fingerprint density at radius 2 is 2.26 bits per heavy atom. The van der Waals surface area contributed by atoms with Gasteiger partial charge < -0.3 is 10.6 Å². The predicted molar refractivity (Wildman–Crippen MR) is 93.2 cm³/mol. The minimum atomic E-state index is 0.0585. The number of aryl methyl sites for hydroxylation is 1. The van der Waals surface area contributed by atoms with Gasteiger partial charge in [-0.2, -0.15) is 0 Å². The number of carbonyl (C=O) groups is 1. The molecular weight excluding hydrogens is 326 g/mol. The van der Waals surface area contributed by atoms with Crippen LogP contribution in [0.25, 0.3) is 0 Å². The standard InChI is InChI=1S/C17H19N3OS2/c1-10-2-4-12(9-18-10)22-16-7-6-15(23-16)17(21)20-14-8-11-3-5-13(14)19-11/h2,4,6-7,9,11,13-14,19H,3,5,8H2,1H3,(H,20,21)/t11-,13+,14-/m1/s1. The van der Waals surface area contributed by atoms with Gasteiger partial charge in [-0.3, -0.25) is 9.78 Å². The van der Waals surface area contributed by atoms with Gasteiger partial charge in [-0.05, 0) is 50.5 Å². The second kappa shape index (κ2) is 6.26. The molecule has 1 amide bonds. The van der Waals surface area contributed by atoms with E-state index in [2.05, 4.69) is 21.7 Å². The normalized spacial score (nSPS) is 25.7. The van der Waals surface area contributed by atoms with Gasteiger partial charge >= 0.3 is 0 Å². The number of nitrogens with zero attached hydrogens (tertiary/aromatic N) is 1. The number of carbonyl (C=O) groups excluding carboxylic acids is 1.